The predicted octanol–water partition coefficient (Wildman–Crippen LogP) is 4.03. The van der Waals surface area contributed by atoms with E-state index in [9.17, 15) is 0 Å². The number of nitrogens with zero attached hydrogens (tertiary/aromatic N) is 1. The summed E-state index contributed by atoms with van der Waals surface area (Å²) < 4.78 is 21.9. The summed E-state index contributed by atoms with van der Waals surface area (Å²) in [6.45, 7) is 2.14. The average Bonchev–Trinajstić information content (AvgIpc) is 2.52. The fourth-order valence-electron chi connectivity index (χ4n) is 2.17. The van der Waals surface area contributed by atoms with Gasteiger partial charge in [-0.05, 0) is 18.6 Å². The van der Waals surface area contributed by atoms with Crippen molar-refractivity contribution in [2.75, 3.05) is 60.6 Å². The van der Waals surface area contributed by atoms with Crippen molar-refractivity contribution in [1.29, 1.82) is 0 Å². The molecule has 146 valence electrons. The Morgan fingerprint density at radius 3 is 1.58 bits per heavy atom. The first-order chi connectivity index (χ1) is 11.6. The third kappa shape index (κ3) is 22.1. The Balaban J connectivity index is 3.00. The van der Waals surface area contributed by atoms with Gasteiger partial charge in [0.1, 0.15) is 6.79 Å². The van der Waals surface area contributed by atoms with Gasteiger partial charge in [0.25, 0.3) is 0 Å². The Hall–Kier alpha value is 0.150. The van der Waals surface area contributed by atoms with Crippen LogP contribution in [-0.2, 0) is 18.9 Å². The van der Waals surface area contributed by atoms with Crippen LogP contribution >= 0.6 is 12.6 Å². The van der Waals surface area contributed by atoms with Crippen molar-refractivity contribution in [3.8, 4) is 0 Å². The van der Waals surface area contributed by atoms with Gasteiger partial charge in [-0.2, -0.15) is 12.6 Å². The van der Waals surface area contributed by atoms with Crippen LogP contribution in [0, 0.1) is 0 Å². The summed E-state index contributed by atoms with van der Waals surface area (Å²) in [5, 5.41) is 0. The third-order valence-electron chi connectivity index (χ3n) is 3.43. The summed E-state index contributed by atoms with van der Waals surface area (Å²) in [7, 11) is 6.19. The molecule has 0 aromatic carbocycles. The monoisotopic (exact) mass is 366 g/mol. The van der Waals surface area contributed by atoms with Crippen molar-refractivity contribution in [1.82, 2.24) is 0 Å². The van der Waals surface area contributed by atoms with E-state index in [0.717, 1.165) is 23.3 Å². The van der Waals surface area contributed by atoms with E-state index in [4.69, 9.17) is 18.9 Å². The Morgan fingerprint density at radius 2 is 1.04 bits per heavy atom. The fourth-order valence-corrected chi connectivity index (χ4v) is 2.39. The maximum atomic E-state index is 5.41. The molecule has 0 N–H and O–H groups in total. The van der Waals surface area contributed by atoms with E-state index < -0.39 is 0 Å². The molecule has 0 aliphatic rings. The second-order valence-electron chi connectivity index (χ2n) is 7.20. The highest BCUT2D eigenvalue weighted by atomic mass is 32.1. The second-order valence-corrected chi connectivity index (χ2v) is 7.65. The largest absolute Gasteiger partial charge is 0.355 e. The standard InChI is InChI=1S/C18H39NO4S/c1-19(2,3)15-21-17-23-18-22-16-20-13-11-9-7-5-4-6-8-10-12-14-24/h4-18H2,1-3H3/p+1. The molecule has 0 fully saturated rings. The zero-order chi connectivity index (χ0) is 17.9. The molecule has 0 aromatic rings. The summed E-state index contributed by atoms with van der Waals surface area (Å²) in [6.07, 6.45) is 11.7. The molecule has 0 saturated heterocycles. The zero-order valence-electron chi connectivity index (χ0n) is 16.1. The molecule has 0 amide bonds. The normalized spacial score (nSPS) is 12.0. The third-order valence-corrected chi connectivity index (χ3v) is 3.74. The molecule has 0 aromatic heterocycles. The van der Waals surface area contributed by atoms with Gasteiger partial charge < -0.3 is 23.4 Å². The van der Waals surface area contributed by atoms with Crippen molar-refractivity contribution in [2.45, 2.75) is 57.8 Å². The van der Waals surface area contributed by atoms with Crippen molar-refractivity contribution >= 4 is 12.6 Å². The minimum atomic E-state index is 0.213. The van der Waals surface area contributed by atoms with Gasteiger partial charge in [-0.15, -0.1) is 0 Å². The summed E-state index contributed by atoms with van der Waals surface area (Å²) in [6, 6.07) is 0. The molecule has 0 saturated carbocycles. The maximum absolute atomic E-state index is 5.41. The van der Waals surface area contributed by atoms with Gasteiger partial charge in [-0.25, -0.2) is 0 Å². The first-order valence-corrected chi connectivity index (χ1v) is 9.92. The van der Waals surface area contributed by atoms with Gasteiger partial charge in [0.15, 0.2) is 20.3 Å². The van der Waals surface area contributed by atoms with Crippen LogP contribution in [0.25, 0.3) is 0 Å². The number of hydrogen-bond donors (Lipinski definition) is 1. The molecular weight excluding hydrogens is 326 g/mol. The van der Waals surface area contributed by atoms with Crippen LogP contribution in [0.4, 0.5) is 0 Å². The highest BCUT2D eigenvalue weighted by Gasteiger charge is 2.05. The predicted molar refractivity (Wildman–Crippen MR) is 102 cm³/mol. The van der Waals surface area contributed by atoms with E-state index in [1.165, 1.54) is 51.4 Å². The van der Waals surface area contributed by atoms with Crippen molar-refractivity contribution in [3.05, 3.63) is 0 Å². The van der Waals surface area contributed by atoms with E-state index in [1.807, 2.05) is 0 Å². The first-order valence-electron chi connectivity index (χ1n) is 9.28. The fraction of sp³-hybridized carbons (Fsp3) is 1.00. The number of thiol groups is 1. The highest BCUT2D eigenvalue weighted by molar-refractivity contribution is 7.80. The molecule has 0 rings (SSSR count). The van der Waals surface area contributed by atoms with Crippen LogP contribution in [0.2, 0.25) is 0 Å². The lowest BCUT2D eigenvalue weighted by Crippen LogP contribution is -2.37. The van der Waals surface area contributed by atoms with Gasteiger partial charge in [0, 0.05) is 6.61 Å². The van der Waals surface area contributed by atoms with E-state index in [0.29, 0.717) is 13.5 Å². The molecule has 5 nitrogen and oxygen atoms in total. The van der Waals surface area contributed by atoms with Crippen molar-refractivity contribution in [3.63, 3.8) is 0 Å². The Morgan fingerprint density at radius 1 is 0.583 bits per heavy atom. The topological polar surface area (TPSA) is 36.9 Å². The Labute approximate surface area is 155 Å². The molecule has 0 atom stereocenters. The van der Waals surface area contributed by atoms with Gasteiger partial charge in [-0.3, -0.25) is 0 Å². The molecule has 24 heavy (non-hydrogen) atoms. The number of hydrogen-bond acceptors (Lipinski definition) is 5. The molecule has 0 aliphatic carbocycles. The molecule has 0 spiro atoms. The van der Waals surface area contributed by atoms with E-state index in [1.54, 1.807) is 0 Å². The van der Waals surface area contributed by atoms with Crippen LogP contribution in [0.1, 0.15) is 57.8 Å². The van der Waals surface area contributed by atoms with Gasteiger partial charge >= 0.3 is 0 Å². The van der Waals surface area contributed by atoms with Crippen LogP contribution in [0.15, 0.2) is 0 Å². The SMILES string of the molecule is C[N+](C)(C)COCOCOCOCCCCCCCCCCCS. The minimum Gasteiger partial charge on any atom is -0.355 e. The molecule has 0 radical (unpaired) electrons. The second kappa shape index (κ2) is 18.0. The zero-order valence-corrected chi connectivity index (χ0v) is 17.0. The summed E-state index contributed by atoms with van der Waals surface area (Å²) >= 11 is 4.23. The average molecular weight is 367 g/mol. The van der Waals surface area contributed by atoms with E-state index >= 15 is 0 Å². The number of rotatable bonds is 19. The van der Waals surface area contributed by atoms with Gasteiger partial charge in [-0.1, -0.05) is 44.9 Å². The lowest BCUT2D eigenvalue weighted by Gasteiger charge is -2.22. The van der Waals surface area contributed by atoms with Crippen LogP contribution in [-0.4, -0.2) is 65.1 Å². The number of ether oxygens (including phenoxy) is 4. The lowest BCUT2D eigenvalue weighted by atomic mass is 10.1. The molecule has 0 aliphatic heterocycles. The quantitative estimate of drug-likeness (QED) is 0.162. The highest BCUT2D eigenvalue weighted by Crippen LogP contribution is 2.10. The van der Waals surface area contributed by atoms with Crippen LogP contribution in [0.5, 0.6) is 0 Å². The van der Waals surface area contributed by atoms with E-state index in [2.05, 4.69) is 33.8 Å². The Bertz CT molecular complexity index is 250. The number of unbranched alkanes of at least 4 members (excludes halogenated alkanes) is 8. The molecule has 6 heteroatoms. The molecule has 0 unspecified atom stereocenters. The first kappa shape index (κ1) is 24.1. The van der Waals surface area contributed by atoms with Crippen LogP contribution < -0.4 is 0 Å². The summed E-state index contributed by atoms with van der Waals surface area (Å²) in [5.74, 6) is 1.03. The van der Waals surface area contributed by atoms with E-state index in [-0.39, 0.29) is 13.6 Å². The van der Waals surface area contributed by atoms with Crippen molar-refractivity contribution in [2.24, 2.45) is 0 Å². The minimum absolute atomic E-state index is 0.213. The molecule has 0 heterocycles. The van der Waals surface area contributed by atoms with Crippen LogP contribution in [0.3, 0.4) is 0 Å². The summed E-state index contributed by atoms with van der Waals surface area (Å²) in [5.41, 5.74) is 0. The Kier molecular flexibility index (Phi) is 18.1. The van der Waals surface area contributed by atoms with Crippen molar-refractivity contribution < 1.29 is 23.4 Å². The maximum Gasteiger partial charge on any atom is 0.185 e. The smallest absolute Gasteiger partial charge is 0.185 e. The van der Waals surface area contributed by atoms with Gasteiger partial charge in [0.2, 0.25) is 0 Å². The molecule has 0 bridgehead atoms. The molecular formula is C18H40NO4S+. The summed E-state index contributed by atoms with van der Waals surface area (Å²) in [4.78, 5) is 0. The number of quaternary nitrogens is 1. The van der Waals surface area contributed by atoms with Gasteiger partial charge in [0.05, 0.1) is 21.1 Å². The lowest BCUT2D eigenvalue weighted by molar-refractivity contribution is -0.891.